The molecule has 89 heavy (non-hydrogen) atoms. The van der Waals surface area contributed by atoms with E-state index in [2.05, 4.69) is 19.2 Å². The average molecular weight is 1280 g/mol. The lowest BCUT2D eigenvalue weighted by Crippen LogP contribution is -2.66. The molecule has 3 heterocycles. The van der Waals surface area contributed by atoms with Crippen LogP contribution in [0.3, 0.4) is 0 Å². The summed E-state index contributed by atoms with van der Waals surface area (Å²) in [6.07, 6.45) is 30.4. The van der Waals surface area contributed by atoms with Crippen LogP contribution in [0.1, 0.15) is 309 Å². The summed E-state index contributed by atoms with van der Waals surface area (Å²) in [5, 5.41) is 121. The number of carbonyl (C=O) groups excluding carboxylic acids is 1. The number of nitrogens with one attached hydrogen (secondary N) is 1. The zero-order valence-electron chi connectivity index (χ0n) is 55.9. The largest absolute Gasteiger partial charge is 0.394 e. The van der Waals surface area contributed by atoms with Crippen molar-refractivity contribution in [1.82, 2.24) is 5.32 Å². The van der Waals surface area contributed by atoms with Crippen molar-refractivity contribution in [2.75, 3.05) is 26.4 Å². The second-order valence-corrected chi connectivity index (χ2v) is 26.8. The summed E-state index contributed by atoms with van der Waals surface area (Å²) in [5.41, 5.74) is 0. The summed E-state index contributed by atoms with van der Waals surface area (Å²) < 4.78 is 34.5. The van der Waals surface area contributed by atoms with Crippen molar-refractivity contribution in [3.05, 3.63) is 0 Å². The number of hydrogen-bond acceptors (Lipinski definition) is 18. The van der Waals surface area contributed by atoms with E-state index in [1.807, 2.05) is 0 Å². The molecule has 19 heteroatoms. The van der Waals surface area contributed by atoms with Gasteiger partial charge in [-0.25, -0.2) is 0 Å². The minimum atomic E-state index is -1.97. The molecule has 0 aromatic heterocycles. The van der Waals surface area contributed by atoms with Gasteiger partial charge in [0.15, 0.2) is 18.9 Å². The molecule has 17 atom stereocenters. The van der Waals surface area contributed by atoms with E-state index in [4.69, 9.17) is 28.4 Å². The predicted octanol–water partition coefficient (Wildman–Crippen LogP) is 10.3. The fourth-order valence-electron chi connectivity index (χ4n) is 13.0. The quantitative estimate of drug-likeness (QED) is 0.0252. The minimum absolute atomic E-state index is 0.235. The molecular formula is C70H135NO18. The maximum Gasteiger partial charge on any atom is 0.220 e. The van der Waals surface area contributed by atoms with Gasteiger partial charge in [0.2, 0.25) is 5.91 Å². The average Bonchev–Trinajstić information content (AvgIpc) is 2.46. The zero-order valence-corrected chi connectivity index (χ0v) is 55.9. The number of unbranched alkanes of at least 4 members (excludes halogenated alkanes) is 42. The van der Waals surface area contributed by atoms with E-state index >= 15 is 0 Å². The van der Waals surface area contributed by atoms with Gasteiger partial charge in [0.25, 0.3) is 0 Å². The summed E-state index contributed by atoms with van der Waals surface area (Å²) in [5.74, 6) is -0.235. The Bertz CT molecular complexity index is 1620. The third-order valence-electron chi connectivity index (χ3n) is 18.9. The molecule has 1 amide bonds. The maximum atomic E-state index is 13.4. The van der Waals surface area contributed by atoms with E-state index in [-0.39, 0.29) is 18.9 Å². The molecule has 0 radical (unpaired) electrons. The second kappa shape index (κ2) is 53.0. The molecule has 17 unspecified atom stereocenters. The van der Waals surface area contributed by atoms with Crippen LogP contribution in [0.2, 0.25) is 0 Å². The first-order chi connectivity index (χ1) is 43.3. The van der Waals surface area contributed by atoms with E-state index in [0.717, 1.165) is 44.9 Å². The number of aliphatic hydroxyl groups is 11. The van der Waals surface area contributed by atoms with E-state index in [1.54, 1.807) is 0 Å². The van der Waals surface area contributed by atoms with Crippen LogP contribution in [0, 0.1) is 0 Å². The van der Waals surface area contributed by atoms with Gasteiger partial charge in [-0.2, -0.15) is 0 Å². The molecular weight excluding hydrogens is 1140 g/mol. The standard InChI is InChI=1S/C70H135NO18/c1-3-5-7-9-11-13-15-17-19-21-22-23-24-25-26-27-28-29-30-32-34-36-38-40-42-44-46-48-58(76)71-53(54(75)47-45-43-41-39-37-35-33-31-20-18-16-14-12-10-8-6-4-2)52-84-68-64(82)61(79)66(56(50-73)86-68)89-70-65(83)62(80)67(57(51-74)87-70)88-69-63(81)60(78)59(77)55(49-72)85-69/h53-57,59-70,72-75,77-83H,3-52H2,1-2H3,(H,71,76). The monoisotopic (exact) mass is 1280 g/mol. The molecule has 3 aliphatic rings. The van der Waals surface area contributed by atoms with Gasteiger partial charge in [-0.05, 0) is 12.8 Å². The fraction of sp³-hybridized carbons (Fsp3) is 0.986. The molecule has 0 aromatic rings. The normalized spacial score (nSPS) is 28.1. The number of rotatable bonds is 58. The van der Waals surface area contributed by atoms with Gasteiger partial charge in [0.05, 0.1) is 38.6 Å². The predicted molar refractivity (Wildman–Crippen MR) is 347 cm³/mol. The summed E-state index contributed by atoms with van der Waals surface area (Å²) in [4.78, 5) is 13.4. The van der Waals surface area contributed by atoms with Gasteiger partial charge in [0.1, 0.15) is 73.2 Å². The van der Waals surface area contributed by atoms with Crippen LogP contribution in [0.25, 0.3) is 0 Å². The Kier molecular flexibility index (Phi) is 48.8. The lowest BCUT2D eigenvalue weighted by Gasteiger charge is -2.48. The van der Waals surface area contributed by atoms with Crippen molar-refractivity contribution in [3.63, 3.8) is 0 Å². The molecule has 12 N–H and O–H groups in total. The molecule has 0 bridgehead atoms. The smallest absolute Gasteiger partial charge is 0.220 e. The van der Waals surface area contributed by atoms with Crippen molar-refractivity contribution in [2.24, 2.45) is 0 Å². The second-order valence-electron chi connectivity index (χ2n) is 26.8. The Morgan fingerprint density at radius 1 is 0.360 bits per heavy atom. The Labute approximate surface area is 538 Å². The molecule has 528 valence electrons. The molecule has 0 aliphatic carbocycles. The Morgan fingerprint density at radius 2 is 0.640 bits per heavy atom. The van der Waals surface area contributed by atoms with Gasteiger partial charge >= 0.3 is 0 Å². The van der Waals surface area contributed by atoms with Crippen LogP contribution in [-0.4, -0.2) is 193 Å². The van der Waals surface area contributed by atoms with E-state index in [0.29, 0.717) is 12.8 Å². The van der Waals surface area contributed by atoms with Crippen molar-refractivity contribution in [1.29, 1.82) is 0 Å². The summed E-state index contributed by atoms with van der Waals surface area (Å²) in [6.45, 7) is 1.85. The number of carbonyl (C=O) groups is 1. The van der Waals surface area contributed by atoms with Crippen molar-refractivity contribution in [2.45, 2.75) is 413 Å². The fourth-order valence-corrected chi connectivity index (χ4v) is 13.0. The van der Waals surface area contributed by atoms with E-state index in [1.165, 1.54) is 231 Å². The van der Waals surface area contributed by atoms with Crippen LogP contribution in [0.4, 0.5) is 0 Å². The number of aliphatic hydroxyl groups excluding tert-OH is 11. The van der Waals surface area contributed by atoms with Crippen molar-refractivity contribution >= 4 is 5.91 Å². The Hall–Kier alpha value is -1.21. The molecule has 0 aromatic carbocycles. The molecule has 3 saturated heterocycles. The third kappa shape index (κ3) is 34.9. The molecule has 19 nitrogen and oxygen atoms in total. The van der Waals surface area contributed by atoms with Crippen molar-refractivity contribution < 1.29 is 89.4 Å². The van der Waals surface area contributed by atoms with Gasteiger partial charge in [0, 0.05) is 6.42 Å². The van der Waals surface area contributed by atoms with Gasteiger partial charge < -0.3 is 89.9 Å². The molecule has 3 aliphatic heterocycles. The number of amides is 1. The zero-order chi connectivity index (χ0) is 64.7. The first-order valence-electron chi connectivity index (χ1n) is 36.8. The van der Waals surface area contributed by atoms with Gasteiger partial charge in [-0.3, -0.25) is 4.79 Å². The van der Waals surface area contributed by atoms with Crippen LogP contribution in [0.5, 0.6) is 0 Å². The SMILES string of the molecule is CCCCCCCCCCCCCCCCCCCCCCCCCCCCCC(=O)NC(COC1OC(CO)C(OC2OC(CO)C(OC3OC(CO)C(O)C(O)C3O)C(O)C2O)C(O)C1O)C(O)CCCCCCCCCCCCCCCCCCC. The first-order valence-corrected chi connectivity index (χ1v) is 36.8. The van der Waals surface area contributed by atoms with Crippen LogP contribution < -0.4 is 5.32 Å². The maximum absolute atomic E-state index is 13.4. The highest BCUT2D eigenvalue weighted by molar-refractivity contribution is 5.76. The molecule has 3 rings (SSSR count). The lowest BCUT2D eigenvalue weighted by molar-refractivity contribution is -0.379. The Balaban J connectivity index is 1.39. The molecule has 3 fully saturated rings. The van der Waals surface area contributed by atoms with E-state index in [9.17, 15) is 61.0 Å². The third-order valence-corrected chi connectivity index (χ3v) is 18.9. The summed E-state index contributed by atoms with van der Waals surface area (Å²) >= 11 is 0. The summed E-state index contributed by atoms with van der Waals surface area (Å²) in [7, 11) is 0. The van der Waals surface area contributed by atoms with E-state index < -0.39 is 124 Å². The Morgan fingerprint density at radius 3 is 0.978 bits per heavy atom. The molecule has 0 spiro atoms. The minimum Gasteiger partial charge on any atom is -0.394 e. The number of ether oxygens (including phenoxy) is 6. The highest BCUT2D eigenvalue weighted by atomic mass is 16.8. The van der Waals surface area contributed by atoms with Crippen LogP contribution in [-0.2, 0) is 33.2 Å². The number of hydrogen-bond donors (Lipinski definition) is 12. The topological polar surface area (TPSA) is 307 Å². The lowest BCUT2D eigenvalue weighted by atomic mass is 9.96. The first kappa shape index (κ1) is 82.0. The highest BCUT2D eigenvalue weighted by Crippen LogP contribution is 2.33. The van der Waals surface area contributed by atoms with Gasteiger partial charge in [-0.1, -0.05) is 290 Å². The molecule has 0 saturated carbocycles. The van der Waals surface area contributed by atoms with Gasteiger partial charge in [-0.15, -0.1) is 0 Å². The van der Waals surface area contributed by atoms with Crippen LogP contribution >= 0.6 is 0 Å². The summed E-state index contributed by atoms with van der Waals surface area (Å²) in [6, 6.07) is -0.882. The van der Waals surface area contributed by atoms with Crippen molar-refractivity contribution in [3.8, 4) is 0 Å². The highest BCUT2D eigenvalue weighted by Gasteiger charge is 2.53. The van der Waals surface area contributed by atoms with Crippen LogP contribution in [0.15, 0.2) is 0 Å².